The Hall–Kier alpha value is -1.91. The van der Waals surface area contributed by atoms with Crippen LogP contribution >= 0.6 is 0 Å². The number of carboxylic acid groups (broad SMARTS) is 1. The fourth-order valence-electron chi connectivity index (χ4n) is 5.34. The molecule has 0 aromatic heterocycles. The number of aliphatic carboxylic acids is 1. The van der Waals surface area contributed by atoms with Gasteiger partial charge in [-0.3, -0.25) is 14.5 Å². The summed E-state index contributed by atoms with van der Waals surface area (Å²) >= 11 is 0. The number of nitrogens with zero attached hydrogens (tertiary/aromatic N) is 3. The summed E-state index contributed by atoms with van der Waals surface area (Å²) in [6.07, 6.45) is 8.99. The first-order chi connectivity index (χ1) is 18.9. The van der Waals surface area contributed by atoms with Gasteiger partial charge < -0.3 is 29.7 Å². The lowest BCUT2D eigenvalue weighted by molar-refractivity contribution is -0.149. The molecule has 0 aromatic rings. The van der Waals surface area contributed by atoms with Crippen LogP contribution in [0.3, 0.4) is 0 Å². The van der Waals surface area contributed by atoms with Crippen LogP contribution in [-0.2, 0) is 19.1 Å². The Morgan fingerprint density at radius 1 is 0.692 bits per heavy atom. The number of hydrogen-bond donors (Lipinski definition) is 2. The van der Waals surface area contributed by atoms with E-state index in [1.54, 1.807) is 0 Å². The van der Waals surface area contributed by atoms with Gasteiger partial charge in [0.2, 0.25) is 0 Å². The van der Waals surface area contributed by atoms with Crippen LogP contribution in [0.2, 0.25) is 0 Å². The number of piperazine rings is 1. The highest BCUT2D eigenvalue weighted by atomic mass is 16.6. The highest BCUT2D eigenvalue weighted by molar-refractivity contribution is 5.72. The van der Waals surface area contributed by atoms with Crippen molar-refractivity contribution in [1.29, 1.82) is 0 Å². The van der Waals surface area contributed by atoms with Gasteiger partial charge in [0, 0.05) is 39.3 Å². The molecule has 5 aliphatic rings. The minimum Gasteiger partial charge on any atom is -0.481 e. The smallest absolute Gasteiger partial charge is 0.409 e. The molecular formula is C29H52N4O6. The minimum absolute atomic E-state index is 0.0194. The number of rotatable bonds is 8. The molecule has 5 rings (SSSR count). The largest absolute Gasteiger partial charge is 0.481 e. The van der Waals surface area contributed by atoms with E-state index in [2.05, 4.69) is 15.1 Å². The van der Waals surface area contributed by atoms with Crippen LogP contribution in [0.1, 0.15) is 65.2 Å². The van der Waals surface area contributed by atoms with E-state index in [4.69, 9.17) is 14.6 Å². The van der Waals surface area contributed by atoms with E-state index in [1.165, 1.54) is 38.8 Å². The molecule has 5 fully saturated rings. The molecule has 2 aliphatic carbocycles. The van der Waals surface area contributed by atoms with Crippen molar-refractivity contribution in [3.63, 3.8) is 0 Å². The average Bonchev–Trinajstić information content (AvgIpc) is 3.89. The molecule has 224 valence electrons. The molecule has 1 amide bonds. The predicted molar refractivity (Wildman–Crippen MR) is 150 cm³/mol. The van der Waals surface area contributed by atoms with Gasteiger partial charge in [-0.2, -0.15) is 0 Å². The quantitative estimate of drug-likeness (QED) is 0.439. The maximum absolute atomic E-state index is 11.4. The van der Waals surface area contributed by atoms with Crippen LogP contribution in [0.5, 0.6) is 0 Å². The molecule has 0 radical (unpaired) electrons. The Kier molecular flexibility index (Phi) is 13.8. The van der Waals surface area contributed by atoms with Gasteiger partial charge in [-0.15, -0.1) is 0 Å². The molecule has 0 aromatic carbocycles. The van der Waals surface area contributed by atoms with E-state index in [-0.39, 0.29) is 23.9 Å². The van der Waals surface area contributed by atoms with Crippen molar-refractivity contribution in [2.45, 2.75) is 65.2 Å². The summed E-state index contributed by atoms with van der Waals surface area (Å²) in [5.41, 5.74) is 0. The highest BCUT2D eigenvalue weighted by Crippen LogP contribution is 2.31. The van der Waals surface area contributed by atoms with Gasteiger partial charge in [0.15, 0.2) is 0 Å². The third-order valence-corrected chi connectivity index (χ3v) is 8.22. The second kappa shape index (κ2) is 17.0. The summed E-state index contributed by atoms with van der Waals surface area (Å²) in [5, 5.41) is 12.0. The summed E-state index contributed by atoms with van der Waals surface area (Å²) in [7, 11) is 0. The van der Waals surface area contributed by atoms with Crippen molar-refractivity contribution in [1.82, 2.24) is 20.0 Å². The number of nitrogens with one attached hydrogen (secondary N) is 1. The first-order valence-corrected chi connectivity index (χ1v) is 15.4. The Bertz CT molecular complexity index is 738. The topological polar surface area (TPSA) is 112 Å². The van der Waals surface area contributed by atoms with E-state index in [0.717, 1.165) is 89.9 Å². The van der Waals surface area contributed by atoms with Crippen molar-refractivity contribution >= 4 is 18.0 Å². The van der Waals surface area contributed by atoms with Gasteiger partial charge in [-0.1, -0.05) is 0 Å². The average molecular weight is 553 g/mol. The fraction of sp³-hybridized carbons (Fsp3) is 0.897. The second-order valence-electron chi connectivity index (χ2n) is 11.6. The molecule has 2 N–H and O–H groups in total. The predicted octanol–water partition coefficient (Wildman–Crippen LogP) is 2.91. The molecule has 0 bridgehead atoms. The lowest BCUT2D eigenvalue weighted by atomic mass is 9.97. The summed E-state index contributed by atoms with van der Waals surface area (Å²) in [6.45, 7) is 14.7. The van der Waals surface area contributed by atoms with E-state index >= 15 is 0 Å². The molecule has 3 saturated heterocycles. The van der Waals surface area contributed by atoms with Crippen LogP contribution < -0.4 is 5.32 Å². The lowest BCUT2D eigenvalue weighted by Gasteiger charge is -2.33. The maximum atomic E-state index is 11.4. The monoisotopic (exact) mass is 552 g/mol. The molecule has 10 nitrogen and oxygen atoms in total. The van der Waals surface area contributed by atoms with Gasteiger partial charge in [0.25, 0.3) is 0 Å². The van der Waals surface area contributed by atoms with Gasteiger partial charge >= 0.3 is 18.0 Å². The zero-order valence-corrected chi connectivity index (χ0v) is 24.3. The molecular weight excluding hydrogens is 500 g/mol. The Labute approximate surface area is 234 Å². The molecule has 2 saturated carbocycles. The SMILES string of the molecule is CCOC(=O)C1CCNCC1.CCOC(=O)N1CCN(CC2CC2)CC1.O=C(O)C1CCN(CC2CC2)CC1. The number of carbonyl (C=O) groups excluding carboxylic acids is 2. The normalized spacial score (nSPS) is 23.1. The van der Waals surface area contributed by atoms with E-state index in [1.807, 2.05) is 18.7 Å². The third-order valence-electron chi connectivity index (χ3n) is 8.22. The Morgan fingerprint density at radius 3 is 1.67 bits per heavy atom. The summed E-state index contributed by atoms with van der Waals surface area (Å²) in [6, 6.07) is 0. The number of likely N-dealkylation sites (tertiary alicyclic amines) is 1. The first-order valence-electron chi connectivity index (χ1n) is 15.4. The van der Waals surface area contributed by atoms with Gasteiger partial charge in [-0.05, 0) is 103 Å². The maximum Gasteiger partial charge on any atom is 0.409 e. The highest BCUT2D eigenvalue weighted by Gasteiger charge is 2.29. The third kappa shape index (κ3) is 12.4. The van der Waals surface area contributed by atoms with Crippen LogP contribution in [0.4, 0.5) is 4.79 Å². The minimum atomic E-state index is -0.605. The zero-order chi connectivity index (χ0) is 28.0. The molecule has 0 atom stereocenters. The Balaban J connectivity index is 0.000000164. The molecule has 39 heavy (non-hydrogen) atoms. The number of ether oxygens (including phenoxy) is 2. The molecule has 10 heteroatoms. The van der Waals surface area contributed by atoms with Crippen LogP contribution in [0.25, 0.3) is 0 Å². The van der Waals surface area contributed by atoms with Gasteiger partial charge in [0.05, 0.1) is 25.0 Å². The van der Waals surface area contributed by atoms with Crippen LogP contribution in [0.15, 0.2) is 0 Å². The zero-order valence-electron chi connectivity index (χ0n) is 24.3. The fourth-order valence-corrected chi connectivity index (χ4v) is 5.34. The number of hydrogen-bond acceptors (Lipinski definition) is 8. The van der Waals surface area contributed by atoms with E-state index < -0.39 is 5.97 Å². The summed E-state index contributed by atoms with van der Waals surface area (Å²) < 4.78 is 9.89. The summed E-state index contributed by atoms with van der Waals surface area (Å²) in [4.78, 5) is 40.0. The van der Waals surface area contributed by atoms with Gasteiger partial charge in [-0.25, -0.2) is 4.79 Å². The number of carboxylic acids is 1. The van der Waals surface area contributed by atoms with Crippen molar-refractivity contribution < 1.29 is 29.0 Å². The molecule has 3 heterocycles. The lowest BCUT2D eigenvalue weighted by Crippen LogP contribution is -2.49. The standard InChI is InChI=1S/C11H20N2O2.C10H17NO2.C8H15NO2/c1-2-15-11(14)13-7-5-12(6-8-13)9-10-3-4-10;12-10(13)9-3-5-11(6-4-9)7-8-1-2-8;1-2-11-8(10)7-3-5-9-6-4-7/h10H,2-9H2,1H3;8-9H,1-7H2,(H,12,13);7,9H,2-6H2,1H3. The molecule has 0 spiro atoms. The van der Waals surface area contributed by atoms with Crippen LogP contribution in [0, 0.1) is 23.7 Å². The van der Waals surface area contributed by atoms with E-state index in [9.17, 15) is 14.4 Å². The number of piperidine rings is 2. The van der Waals surface area contributed by atoms with Gasteiger partial charge in [0.1, 0.15) is 0 Å². The molecule has 0 unspecified atom stereocenters. The van der Waals surface area contributed by atoms with Crippen LogP contribution in [-0.4, -0.2) is 116 Å². The Morgan fingerprint density at radius 2 is 1.21 bits per heavy atom. The van der Waals surface area contributed by atoms with E-state index in [0.29, 0.717) is 13.2 Å². The van der Waals surface area contributed by atoms with Crippen molar-refractivity contribution in [3.05, 3.63) is 0 Å². The van der Waals surface area contributed by atoms with Crippen molar-refractivity contribution in [2.24, 2.45) is 23.7 Å². The van der Waals surface area contributed by atoms with Crippen molar-refractivity contribution in [2.75, 3.05) is 78.7 Å². The van der Waals surface area contributed by atoms with Crippen molar-refractivity contribution in [3.8, 4) is 0 Å². The number of amides is 1. The number of carbonyl (C=O) groups is 3. The summed E-state index contributed by atoms with van der Waals surface area (Å²) in [5.74, 6) is 1.33. The number of esters is 1. The second-order valence-corrected chi connectivity index (χ2v) is 11.6. The molecule has 3 aliphatic heterocycles. The first kappa shape index (κ1) is 31.6.